The molecule has 27 heavy (non-hydrogen) atoms. The second-order valence-corrected chi connectivity index (χ2v) is 8.84. The topological polar surface area (TPSA) is 37.3 Å². The van der Waals surface area contributed by atoms with Gasteiger partial charge in [-0.15, -0.1) is 12.4 Å². The van der Waals surface area contributed by atoms with E-state index in [1.165, 1.54) is 29.5 Å². The van der Waals surface area contributed by atoms with Crippen LogP contribution in [0.25, 0.3) is 5.57 Å². The third kappa shape index (κ3) is 3.82. The fourth-order valence-electron chi connectivity index (χ4n) is 4.02. The average molecular weight is 385 g/mol. The molecule has 0 saturated carbocycles. The highest BCUT2D eigenvalue weighted by molar-refractivity contribution is 5.89. The number of fused-ring (bicyclic) bond motifs is 1. The SMILES string of the molecule is C=C(c1ccc(C(=O)O)cc1)c1cc2c(cc1C)C(C)(C)CCC2(C)C.Cl. The Morgan fingerprint density at radius 1 is 0.926 bits per heavy atom. The Labute approximate surface area is 168 Å². The molecule has 0 bridgehead atoms. The van der Waals surface area contributed by atoms with Crippen molar-refractivity contribution >= 4 is 23.9 Å². The van der Waals surface area contributed by atoms with Crippen molar-refractivity contribution in [2.45, 2.75) is 58.3 Å². The number of carboxylic acid groups (broad SMARTS) is 1. The number of carbonyl (C=O) groups is 1. The second kappa shape index (κ2) is 7.16. The van der Waals surface area contributed by atoms with Crippen LogP contribution in [0.5, 0.6) is 0 Å². The predicted octanol–water partition coefficient (Wildman–Crippen LogP) is 6.53. The highest BCUT2D eigenvalue weighted by Crippen LogP contribution is 2.47. The molecule has 2 nitrogen and oxygen atoms in total. The molecule has 0 fully saturated rings. The van der Waals surface area contributed by atoms with Crippen molar-refractivity contribution in [1.29, 1.82) is 0 Å². The summed E-state index contributed by atoms with van der Waals surface area (Å²) in [5.41, 5.74) is 7.79. The largest absolute Gasteiger partial charge is 0.478 e. The van der Waals surface area contributed by atoms with Gasteiger partial charge in [0.15, 0.2) is 0 Å². The molecule has 0 heterocycles. The monoisotopic (exact) mass is 384 g/mol. The summed E-state index contributed by atoms with van der Waals surface area (Å²) in [5.74, 6) is -0.906. The first kappa shape index (κ1) is 21.2. The van der Waals surface area contributed by atoms with E-state index in [4.69, 9.17) is 5.11 Å². The summed E-state index contributed by atoms with van der Waals surface area (Å²) in [4.78, 5) is 11.1. The van der Waals surface area contributed by atoms with E-state index in [1.54, 1.807) is 12.1 Å². The normalized spacial score (nSPS) is 16.8. The lowest BCUT2D eigenvalue weighted by molar-refractivity contribution is 0.0697. The lowest BCUT2D eigenvalue weighted by Gasteiger charge is -2.42. The maximum absolute atomic E-state index is 11.1. The van der Waals surface area contributed by atoms with Crippen LogP contribution in [-0.2, 0) is 10.8 Å². The van der Waals surface area contributed by atoms with E-state index in [-0.39, 0.29) is 23.2 Å². The highest BCUT2D eigenvalue weighted by Gasteiger charge is 2.37. The van der Waals surface area contributed by atoms with Crippen LogP contribution in [0.15, 0.2) is 43.0 Å². The summed E-state index contributed by atoms with van der Waals surface area (Å²) in [7, 11) is 0. The maximum atomic E-state index is 11.1. The van der Waals surface area contributed by atoms with Gasteiger partial charge in [0.05, 0.1) is 5.56 Å². The molecule has 0 saturated heterocycles. The van der Waals surface area contributed by atoms with Gasteiger partial charge in [0.25, 0.3) is 0 Å². The van der Waals surface area contributed by atoms with Gasteiger partial charge >= 0.3 is 5.97 Å². The van der Waals surface area contributed by atoms with Gasteiger partial charge in [-0.3, -0.25) is 0 Å². The van der Waals surface area contributed by atoms with Gasteiger partial charge in [-0.25, -0.2) is 4.79 Å². The van der Waals surface area contributed by atoms with E-state index < -0.39 is 5.97 Å². The summed E-state index contributed by atoms with van der Waals surface area (Å²) in [5, 5.41) is 9.09. The number of carboxylic acids is 1. The van der Waals surface area contributed by atoms with Crippen molar-refractivity contribution in [2.24, 2.45) is 0 Å². The molecule has 1 N–H and O–H groups in total. The van der Waals surface area contributed by atoms with Crippen LogP contribution >= 0.6 is 12.4 Å². The molecule has 3 heteroatoms. The smallest absolute Gasteiger partial charge is 0.335 e. The standard InChI is InChI=1S/C24H28O2.ClH/c1-15-13-20-21(24(5,6)12-11-23(20,3)4)14-19(15)16(2)17-7-9-18(10-8-17)22(25)26;/h7-10,13-14H,2,11-12H2,1,3-6H3,(H,25,26);1H. The van der Waals surface area contributed by atoms with Crippen LogP contribution in [-0.4, -0.2) is 11.1 Å². The van der Waals surface area contributed by atoms with Gasteiger partial charge in [0.1, 0.15) is 0 Å². The van der Waals surface area contributed by atoms with E-state index in [2.05, 4.69) is 53.3 Å². The van der Waals surface area contributed by atoms with Crippen LogP contribution in [0.4, 0.5) is 0 Å². The molecule has 0 amide bonds. The molecule has 1 aliphatic rings. The van der Waals surface area contributed by atoms with E-state index >= 15 is 0 Å². The van der Waals surface area contributed by atoms with Gasteiger partial charge in [0.2, 0.25) is 0 Å². The van der Waals surface area contributed by atoms with Crippen molar-refractivity contribution in [3.05, 3.63) is 76.4 Å². The molecule has 1 aliphatic carbocycles. The molecule has 2 aromatic rings. The molecule has 0 unspecified atom stereocenters. The first-order valence-corrected chi connectivity index (χ1v) is 9.21. The number of aryl methyl sites for hydroxylation is 1. The van der Waals surface area contributed by atoms with Gasteiger partial charge < -0.3 is 5.11 Å². The molecule has 144 valence electrons. The Kier molecular flexibility index (Phi) is 5.64. The zero-order valence-corrected chi connectivity index (χ0v) is 17.7. The number of aromatic carboxylic acids is 1. The molecule has 0 aliphatic heterocycles. The molecule has 0 radical (unpaired) electrons. The second-order valence-electron chi connectivity index (χ2n) is 8.84. The van der Waals surface area contributed by atoms with Crippen LogP contribution in [0.3, 0.4) is 0 Å². The molecule has 0 aromatic heterocycles. The Morgan fingerprint density at radius 2 is 1.37 bits per heavy atom. The molecule has 0 atom stereocenters. The van der Waals surface area contributed by atoms with Crippen molar-refractivity contribution in [3.8, 4) is 0 Å². The lowest BCUT2D eigenvalue weighted by atomic mass is 9.62. The summed E-state index contributed by atoms with van der Waals surface area (Å²) >= 11 is 0. The molecule has 3 rings (SSSR count). The maximum Gasteiger partial charge on any atom is 0.335 e. The first-order valence-electron chi connectivity index (χ1n) is 9.21. The number of rotatable bonds is 3. The zero-order chi connectivity index (χ0) is 19.3. The third-order valence-electron chi connectivity index (χ3n) is 6.00. The summed E-state index contributed by atoms with van der Waals surface area (Å²) in [6.45, 7) is 15.8. The summed E-state index contributed by atoms with van der Waals surface area (Å²) in [6.07, 6.45) is 2.37. The predicted molar refractivity (Wildman–Crippen MR) is 115 cm³/mol. The fraction of sp³-hybridized carbons (Fsp3) is 0.375. The zero-order valence-electron chi connectivity index (χ0n) is 16.8. The van der Waals surface area contributed by atoms with Crippen molar-refractivity contribution < 1.29 is 9.90 Å². The average Bonchev–Trinajstić information content (AvgIpc) is 2.58. The van der Waals surface area contributed by atoms with Gasteiger partial charge in [-0.05, 0) is 76.1 Å². The first-order chi connectivity index (χ1) is 12.0. The van der Waals surface area contributed by atoms with Crippen LogP contribution in [0.2, 0.25) is 0 Å². The van der Waals surface area contributed by atoms with Crippen molar-refractivity contribution in [1.82, 2.24) is 0 Å². The molecular formula is C24H29ClO2. The Balaban J connectivity index is 0.00000261. The minimum atomic E-state index is -0.906. The lowest BCUT2D eigenvalue weighted by Crippen LogP contribution is -2.34. The number of hydrogen-bond acceptors (Lipinski definition) is 1. The summed E-state index contributed by atoms with van der Waals surface area (Å²) < 4.78 is 0. The summed E-state index contributed by atoms with van der Waals surface area (Å²) in [6, 6.07) is 11.6. The van der Waals surface area contributed by atoms with Crippen LogP contribution in [0, 0.1) is 6.92 Å². The van der Waals surface area contributed by atoms with Crippen LogP contribution < -0.4 is 0 Å². The Morgan fingerprint density at radius 3 is 1.85 bits per heavy atom. The van der Waals surface area contributed by atoms with E-state index in [0.29, 0.717) is 5.56 Å². The number of benzene rings is 2. The van der Waals surface area contributed by atoms with E-state index in [1.807, 2.05) is 12.1 Å². The fourth-order valence-corrected chi connectivity index (χ4v) is 4.02. The van der Waals surface area contributed by atoms with Crippen LogP contribution in [0.1, 0.15) is 78.7 Å². The molecular weight excluding hydrogens is 356 g/mol. The minimum absolute atomic E-state index is 0. The Bertz CT molecular complexity index is 889. The number of halogens is 1. The molecule has 0 spiro atoms. The number of hydrogen-bond donors (Lipinski definition) is 1. The van der Waals surface area contributed by atoms with Gasteiger partial charge in [-0.1, -0.05) is 58.5 Å². The van der Waals surface area contributed by atoms with Gasteiger partial charge in [0, 0.05) is 0 Å². The minimum Gasteiger partial charge on any atom is -0.478 e. The van der Waals surface area contributed by atoms with Crippen molar-refractivity contribution in [2.75, 3.05) is 0 Å². The van der Waals surface area contributed by atoms with Crippen molar-refractivity contribution in [3.63, 3.8) is 0 Å². The quantitative estimate of drug-likeness (QED) is 0.653. The third-order valence-corrected chi connectivity index (χ3v) is 6.00. The highest BCUT2D eigenvalue weighted by atomic mass is 35.5. The Hall–Kier alpha value is -2.06. The van der Waals surface area contributed by atoms with Gasteiger partial charge in [-0.2, -0.15) is 0 Å². The molecule has 2 aromatic carbocycles. The van der Waals surface area contributed by atoms with E-state index in [0.717, 1.165) is 16.7 Å². The van der Waals surface area contributed by atoms with E-state index in [9.17, 15) is 4.79 Å².